The molecule has 3 rings (SSSR count). The van der Waals surface area contributed by atoms with Gasteiger partial charge in [-0.15, -0.1) is 0 Å². The fourth-order valence-corrected chi connectivity index (χ4v) is 1.59. The molecule has 0 saturated heterocycles. The molecular formula is C10H6N4O. The molecule has 72 valence electrons. The van der Waals surface area contributed by atoms with E-state index in [0.29, 0.717) is 5.52 Å². The summed E-state index contributed by atoms with van der Waals surface area (Å²) in [5, 5.41) is 8.47. The predicted molar refractivity (Wildman–Crippen MR) is 55.5 cm³/mol. The van der Waals surface area contributed by atoms with Gasteiger partial charge in [0.25, 0.3) is 0 Å². The van der Waals surface area contributed by atoms with E-state index in [2.05, 4.69) is 20.2 Å². The summed E-state index contributed by atoms with van der Waals surface area (Å²) in [6.07, 6.45) is 3.17. The minimum absolute atomic E-state index is 0.466. The van der Waals surface area contributed by atoms with Crippen LogP contribution in [0.5, 0.6) is 0 Å². The number of fused-ring (bicyclic) bond motifs is 3. The Morgan fingerprint density at radius 3 is 3.07 bits per heavy atom. The zero-order valence-electron chi connectivity index (χ0n) is 7.64. The van der Waals surface area contributed by atoms with Gasteiger partial charge >= 0.3 is 5.69 Å². The molecule has 2 heterocycles. The predicted octanol–water partition coefficient (Wildman–Crippen LogP) is 0.866. The van der Waals surface area contributed by atoms with E-state index in [1.54, 1.807) is 6.20 Å². The van der Waals surface area contributed by atoms with Gasteiger partial charge in [-0.25, -0.2) is 4.79 Å². The van der Waals surface area contributed by atoms with Gasteiger partial charge in [-0.05, 0) is 18.2 Å². The average molecular weight is 198 g/mol. The molecule has 3 aromatic rings. The molecule has 0 spiro atoms. The number of hydrogen-bond acceptors (Lipinski definition) is 4. The van der Waals surface area contributed by atoms with E-state index >= 15 is 0 Å². The molecule has 1 aromatic carbocycles. The lowest BCUT2D eigenvalue weighted by atomic mass is 10.1. The van der Waals surface area contributed by atoms with Crippen LogP contribution in [0.3, 0.4) is 0 Å². The van der Waals surface area contributed by atoms with Gasteiger partial charge < -0.3 is 0 Å². The summed E-state index contributed by atoms with van der Waals surface area (Å²) in [7, 11) is 0. The Labute approximate surface area is 83.8 Å². The van der Waals surface area contributed by atoms with Crippen LogP contribution >= 0.6 is 0 Å². The number of nitrogens with zero attached hydrogens (tertiary/aromatic N) is 3. The summed E-state index contributed by atoms with van der Waals surface area (Å²) in [4.78, 5) is 18.6. The first-order valence-corrected chi connectivity index (χ1v) is 4.44. The van der Waals surface area contributed by atoms with Crippen molar-refractivity contribution in [3.63, 3.8) is 0 Å². The quantitative estimate of drug-likeness (QED) is 0.544. The second-order valence-corrected chi connectivity index (χ2v) is 3.17. The van der Waals surface area contributed by atoms with Crippen molar-refractivity contribution in [1.82, 2.24) is 20.2 Å². The molecule has 0 aliphatic rings. The van der Waals surface area contributed by atoms with Crippen molar-refractivity contribution in [3.8, 4) is 0 Å². The Balaban J connectivity index is 2.63. The van der Waals surface area contributed by atoms with Crippen LogP contribution in [-0.4, -0.2) is 20.2 Å². The second kappa shape index (κ2) is 2.84. The fraction of sp³-hybridized carbons (Fsp3) is 0. The van der Waals surface area contributed by atoms with Crippen LogP contribution in [0.1, 0.15) is 0 Å². The van der Waals surface area contributed by atoms with E-state index in [0.717, 1.165) is 16.3 Å². The highest BCUT2D eigenvalue weighted by atomic mass is 16.1. The van der Waals surface area contributed by atoms with Gasteiger partial charge in [0.2, 0.25) is 0 Å². The van der Waals surface area contributed by atoms with Crippen molar-refractivity contribution in [1.29, 1.82) is 0 Å². The zero-order chi connectivity index (χ0) is 10.3. The van der Waals surface area contributed by atoms with Crippen molar-refractivity contribution in [2.24, 2.45) is 0 Å². The summed E-state index contributed by atoms with van der Waals surface area (Å²) in [6.45, 7) is 0. The van der Waals surface area contributed by atoms with Crippen molar-refractivity contribution in [2.75, 3.05) is 0 Å². The summed E-state index contributed by atoms with van der Waals surface area (Å²) in [5.41, 5.74) is 1.04. The van der Waals surface area contributed by atoms with Gasteiger partial charge in [0, 0.05) is 23.2 Å². The van der Waals surface area contributed by atoms with Crippen molar-refractivity contribution >= 4 is 21.8 Å². The maximum atomic E-state index is 11.1. The Morgan fingerprint density at radius 1 is 1.20 bits per heavy atom. The SMILES string of the molecule is O=c1ncc2ccc3[nH]nccc3c2n1. The minimum Gasteiger partial charge on any atom is -0.278 e. The molecule has 0 unspecified atom stereocenters. The monoisotopic (exact) mass is 198 g/mol. The molecule has 15 heavy (non-hydrogen) atoms. The summed E-state index contributed by atoms with van der Waals surface area (Å²) in [6, 6.07) is 5.56. The average Bonchev–Trinajstić information content (AvgIpc) is 2.29. The molecule has 0 bridgehead atoms. The molecule has 0 amide bonds. The number of rotatable bonds is 0. The lowest BCUT2D eigenvalue weighted by molar-refractivity contribution is 1.07. The lowest BCUT2D eigenvalue weighted by Gasteiger charge is -2.00. The third-order valence-electron chi connectivity index (χ3n) is 2.27. The lowest BCUT2D eigenvalue weighted by Crippen LogP contribution is -2.08. The summed E-state index contributed by atoms with van der Waals surface area (Å²) < 4.78 is 0. The van der Waals surface area contributed by atoms with Crippen LogP contribution in [-0.2, 0) is 0 Å². The van der Waals surface area contributed by atoms with E-state index in [4.69, 9.17) is 0 Å². The molecule has 0 aliphatic heterocycles. The molecule has 0 radical (unpaired) electrons. The second-order valence-electron chi connectivity index (χ2n) is 3.17. The largest absolute Gasteiger partial charge is 0.367 e. The highest BCUT2D eigenvalue weighted by molar-refractivity contribution is 6.02. The highest BCUT2D eigenvalue weighted by Gasteiger charge is 2.02. The molecule has 5 nitrogen and oxygen atoms in total. The Kier molecular flexibility index (Phi) is 1.53. The molecular weight excluding hydrogens is 192 g/mol. The summed E-state index contributed by atoms with van der Waals surface area (Å²) in [5.74, 6) is 0. The Bertz CT molecular complexity index is 704. The maximum absolute atomic E-state index is 11.1. The van der Waals surface area contributed by atoms with Crippen molar-refractivity contribution in [2.45, 2.75) is 0 Å². The third-order valence-corrected chi connectivity index (χ3v) is 2.27. The number of hydrogen-bond donors (Lipinski definition) is 1. The van der Waals surface area contributed by atoms with Crippen LogP contribution < -0.4 is 5.69 Å². The number of H-pyrrole nitrogens is 1. The van der Waals surface area contributed by atoms with E-state index in [9.17, 15) is 4.79 Å². The van der Waals surface area contributed by atoms with Crippen LogP contribution in [0.2, 0.25) is 0 Å². The maximum Gasteiger partial charge on any atom is 0.367 e. The van der Waals surface area contributed by atoms with Gasteiger partial charge in [0.05, 0.1) is 11.0 Å². The molecule has 2 aromatic heterocycles. The first-order chi connectivity index (χ1) is 7.34. The van der Waals surface area contributed by atoms with Gasteiger partial charge in [-0.2, -0.15) is 15.1 Å². The van der Waals surface area contributed by atoms with Gasteiger partial charge in [-0.1, -0.05) is 0 Å². The molecule has 0 saturated carbocycles. The topological polar surface area (TPSA) is 71.5 Å². The van der Waals surface area contributed by atoms with E-state index in [1.165, 1.54) is 6.20 Å². The normalized spacial score (nSPS) is 10.9. The van der Waals surface area contributed by atoms with Crippen LogP contribution in [0.25, 0.3) is 21.8 Å². The van der Waals surface area contributed by atoms with E-state index < -0.39 is 5.69 Å². The number of aromatic nitrogens is 4. The Hall–Kier alpha value is -2.30. The molecule has 5 heteroatoms. The number of aromatic amines is 1. The highest BCUT2D eigenvalue weighted by Crippen LogP contribution is 2.19. The van der Waals surface area contributed by atoms with Crippen LogP contribution in [0, 0.1) is 0 Å². The first-order valence-electron chi connectivity index (χ1n) is 4.44. The van der Waals surface area contributed by atoms with Gasteiger partial charge in [0.1, 0.15) is 0 Å². The third kappa shape index (κ3) is 1.17. The van der Waals surface area contributed by atoms with Crippen molar-refractivity contribution in [3.05, 3.63) is 41.1 Å². The zero-order valence-corrected chi connectivity index (χ0v) is 7.64. The number of nitrogens with one attached hydrogen (secondary N) is 1. The van der Waals surface area contributed by atoms with E-state index in [-0.39, 0.29) is 0 Å². The van der Waals surface area contributed by atoms with Gasteiger partial charge in [0.15, 0.2) is 0 Å². The Morgan fingerprint density at radius 2 is 2.13 bits per heavy atom. The first kappa shape index (κ1) is 8.05. The summed E-state index contributed by atoms with van der Waals surface area (Å²) >= 11 is 0. The molecule has 0 aliphatic carbocycles. The molecule has 0 atom stereocenters. The van der Waals surface area contributed by atoms with Crippen LogP contribution in [0.15, 0.2) is 35.4 Å². The minimum atomic E-state index is -0.466. The fourth-order valence-electron chi connectivity index (χ4n) is 1.59. The van der Waals surface area contributed by atoms with Crippen LogP contribution in [0.4, 0.5) is 0 Å². The van der Waals surface area contributed by atoms with Gasteiger partial charge in [-0.3, -0.25) is 5.10 Å². The standard InChI is InChI=1S/C10H6N4O/c15-10-11-5-6-1-2-8-7(9(6)13-10)3-4-12-14-8/h1-5,14H. The smallest absolute Gasteiger partial charge is 0.278 e. The number of benzene rings is 1. The molecule has 0 fully saturated rings. The molecule has 1 N–H and O–H groups in total. The van der Waals surface area contributed by atoms with Crippen molar-refractivity contribution < 1.29 is 0 Å². The van der Waals surface area contributed by atoms with E-state index in [1.807, 2.05) is 18.2 Å².